The molecule has 0 spiro atoms. The maximum atomic E-state index is 12.5. The largest absolute Gasteiger partial charge is 0.314 e. The summed E-state index contributed by atoms with van der Waals surface area (Å²) in [6.07, 6.45) is 2.98. The van der Waals surface area contributed by atoms with Crippen molar-refractivity contribution in [2.45, 2.75) is 64.4 Å². The summed E-state index contributed by atoms with van der Waals surface area (Å²) in [5.74, 6) is 0.646. The van der Waals surface area contributed by atoms with Crippen molar-refractivity contribution in [1.29, 1.82) is 0 Å². The summed E-state index contributed by atoms with van der Waals surface area (Å²) >= 11 is 0. The lowest BCUT2D eigenvalue weighted by molar-refractivity contribution is 0.488. The Kier molecular flexibility index (Phi) is 6.83. The van der Waals surface area contributed by atoms with Crippen LogP contribution in [0, 0.1) is 12.8 Å². The first-order valence-corrected chi connectivity index (χ1v) is 8.97. The van der Waals surface area contributed by atoms with Gasteiger partial charge in [-0.3, -0.25) is 5.10 Å². The van der Waals surface area contributed by atoms with Gasteiger partial charge in [0, 0.05) is 12.6 Å². The Morgan fingerprint density at radius 3 is 2.48 bits per heavy atom. The highest BCUT2D eigenvalue weighted by molar-refractivity contribution is 7.89. The van der Waals surface area contributed by atoms with Crippen LogP contribution in [0.2, 0.25) is 0 Å². The second-order valence-electron chi connectivity index (χ2n) is 6.00. The molecule has 0 bridgehead atoms. The van der Waals surface area contributed by atoms with Crippen LogP contribution in [0.5, 0.6) is 0 Å². The van der Waals surface area contributed by atoms with Gasteiger partial charge in [-0.05, 0) is 33.2 Å². The van der Waals surface area contributed by atoms with Crippen LogP contribution < -0.4 is 10.0 Å². The summed E-state index contributed by atoms with van der Waals surface area (Å²) in [6.45, 7) is 8.40. The Morgan fingerprint density at radius 2 is 1.90 bits per heavy atom. The molecule has 1 aromatic rings. The number of rotatable bonds is 9. The van der Waals surface area contributed by atoms with Crippen LogP contribution in [-0.2, 0) is 16.6 Å². The molecule has 6 nitrogen and oxygen atoms in total. The van der Waals surface area contributed by atoms with Gasteiger partial charge >= 0.3 is 0 Å². The number of nitrogens with one attached hydrogen (secondary N) is 3. The van der Waals surface area contributed by atoms with Crippen molar-refractivity contribution in [3.05, 3.63) is 11.4 Å². The zero-order chi connectivity index (χ0) is 16.0. The lowest BCUT2D eigenvalue weighted by Gasteiger charge is -2.15. The van der Waals surface area contributed by atoms with Crippen LogP contribution >= 0.6 is 0 Å². The third-order valence-electron chi connectivity index (χ3n) is 3.35. The van der Waals surface area contributed by atoms with E-state index < -0.39 is 10.0 Å². The fourth-order valence-electron chi connectivity index (χ4n) is 2.33. The maximum absolute atomic E-state index is 12.5. The highest BCUT2D eigenvalue weighted by atomic mass is 32.2. The summed E-state index contributed by atoms with van der Waals surface area (Å²) in [7, 11) is -1.77. The lowest BCUT2D eigenvalue weighted by Crippen LogP contribution is -2.33. The van der Waals surface area contributed by atoms with Crippen LogP contribution in [0.3, 0.4) is 0 Å². The number of aromatic amines is 1. The van der Waals surface area contributed by atoms with E-state index in [2.05, 4.69) is 34.1 Å². The molecule has 0 aromatic carbocycles. The highest BCUT2D eigenvalue weighted by Gasteiger charge is 2.25. The average molecular weight is 316 g/mol. The Morgan fingerprint density at radius 1 is 1.24 bits per heavy atom. The van der Waals surface area contributed by atoms with Crippen LogP contribution in [0.25, 0.3) is 0 Å². The molecule has 0 amide bonds. The molecule has 0 saturated carbocycles. The smallest absolute Gasteiger partial charge is 0.244 e. The molecular formula is C14H28N4O2S. The van der Waals surface area contributed by atoms with Gasteiger partial charge in [0.1, 0.15) is 4.90 Å². The normalized spacial score (nSPS) is 13.8. The predicted octanol–water partition coefficient (Wildman–Crippen LogP) is 1.93. The second-order valence-corrected chi connectivity index (χ2v) is 7.65. The van der Waals surface area contributed by atoms with Gasteiger partial charge in [0.05, 0.1) is 11.4 Å². The van der Waals surface area contributed by atoms with Gasteiger partial charge in [0.2, 0.25) is 10.0 Å². The fourth-order valence-corrected chi connectivity index (χ4v) is 3.97. The third-order valence-corrected chi connectivity index (χ3v) is 5.14. The Balaban J connectivity index is 2.75. The first-order chi connectivity index (χ1) is 9.77. The van der Waals surface area contributed by atoms with E-state index in [-0.39, 0.29) is 10.9 Å². The van der Waals surface area contributed by atoms with Crippen molar-refractivity contribution in [1.82, 2.24) is 20.2 Å². The predicted molar refractivity (Wildman–Crippen MR) is 84.6 cm³/mol. The molecule has 0 aliphatic rings. The van der Waals surface area contributed by atoms with Gasteiger partial charge in [0.25, 0.3) is 0 Å². The zero-order valence-corrected chi connectivity index (χ0v) is 14.5. The molecular weight excluding hydrogens is 288 g/mol. The van der Waals surface area contributed by atoms with E-state index in [9.17, 15) is 8.42 Å². The van der Waals surface area contributed by atoms with Crippen LogP contribution in [0.1, 0.15) is 51.4 Å². The SMILES string of the molecule is CNCc1n[nH]c(C)c1S(=O)(=O)NC(C)CCCC(C)C. The van der Waals surface area contributed by atoms with Gasteiger partial charge in [-0.15, -0.1) is 0 Å². The van der Waals surface area contributed by atoms with Crippen molar-refractivity contribution in [2.75, 3.05) is 7.05 Å². The molecule has 122 valence electrons. The Bertz CT molecular complexity index is 537. The van der Waals surface area contributed by atoms with Gasteiger partial charge in [0.15, 0.2) is 0 Å². The molecule has 3 N–H and O–H groups in total. The first-order valence-electron chi connectivity index (χ1n) is 7.48. The molecule has 7 heteroatoms. The molecule has 0 aliphatic heterocycles. The van der Waals surface area contributed by atoms with Gasteiger partial charge < -0.3 is 5.32 Å². The summed E-state index contributed by atoms with van der Waals surface area (Å²) in [5.41, 5.74) is 1.10. The van der Waals surface area contributed by atoms with E-state index >= 15 is 0 Å². The zero-order valence-electron chi connectivity index (χ0n) is 13.7. The van der Waals surface area contributed by atoms with E-state index in [1.165, 1.54) is 0 Å². The van der Waals surface area contributed by atoms with Crippen molar-refractivity contribution in [2.24, 2.45) is 5.92 Å². The summed E-state index contributed by atoms with van der Waals surface area (Å²) in [4.78, 5) is 0.271. The molecule has 1 atom stereocenters. The number of sulfonamides is 1. The standard InChI is InChI=1S/C14H28N4O2S/c1-10(2)7-6-8-11(3)18-21(19,20)14-12(4)16-17-13(14)9-15-5/h10-11,15,18H,6-9H2,1-5H3,(H,16,17). The molecule has 0 saturated heterocycles. The van der Waals surface area contributed by atoms with Gasteiger partial charge in [-0.25, -0.2) is 13.1 Å². The van der Waals surface area contributed by atoms with Crippen LogP contribution in [0.4, 0.5) is 0 Å². The quantitative estimate of drug-likeness (QED) is 0.649. The number of hydrogen-bond donors (Lipinski definition) is 3. The highest BCUT2D eigenvalue weighted by Crippen LogP contribution is 2.18. The molecule has 1 aromatic heterocycles. The number of H-pyrrole nitrogens is 1. The maximum Gasteiger partial charge on any atom is 0.244 e. The fraction of sp³-hybridized carbons (Fsp3) is 0.786. The van der Waals surface area contributed by atoms with E-state index in [4.69, 9.17) is 0 Å². The second kappa shape index (κ2) is 7.91. The van der Waals surface area contributed by atoms with E-state index in [1.54, 1.807) is 14.0 Å². The van der Waals surface area contributed by atoms with Crippen molar-refractivity contribution >= 4 is 10.0 Å². The van der Waals surface area contributed by atoms with E-state index in [1.807, 2.05) is 6.92 Å². The summed E-state index contributed by atoms with van der Waals surface area (Å²) in [6, 6.07) is -0.0783. The molecule has 21 heavy (non-hydrogen) atoms. The number of aromatic nitrogens is 2. The minimum Gasteiger partial charge on any atom is -0.314 e. The molecule has 0 aliphatic carbocycles. The minimum absolute atomic E-state index is 0.0783. The Hall–Kier alpha value is -0.920. The number of hydrogen-bond acceptors (Lipinski definition) is 4. The van der Waals surface area contributed by atoms with Crippen molar-refractivity contribution < 1.29 is 8.42 Å². The monoisotopic (exact) mass is 316 g/mol. The molecule has 1 unspecified atom stereocenters. The average Bonchev–Trinajstić information content (AvgIpc) is 2.70. The van der Waals surface area contributed by atoms with Crippen molar-refractivity contribution in [3.63, 3.8) is 0 Å². The number of aryl methyl sites for hydroxylation is 1. The molecule has 0 radical (unpaired) electrons. The Labute approximate surface area is 128 Å². The van der Waals surface area contributed by atoms with Crippen molar-refractivity contribution in [3.8, 4) is 0 Å². The van der Waals surface area contributed by atoms with Crippen LogP contribution in [0.15, 0.2) is 4.90 Å². The summed E-state index contributed by atoms with van der Waals surface area (Å²) < 4.78 is 27.8. The van der Waals surface area contributed by atoms with E-state index in [0.717, 1.165) is 19.3 Å². The van der Waals surface area contributed by atoms with Gasteiger partial charge in [-0.2, -0.15) is 5.10 Å². The minimum atomic E-state index is -3.53. The number of nitrogens with zero attached hydrogens (tertiary/aromatic N) is 1. The lowest BCUT2D eigenvalue weighted by atomic mass is 10.0. The summed E-state index contributed by atoms with van der Waals surface area (Å²) in [5, 5.41) is 9.74. The topological polar surface area (TPSA) is 86.9 Å². The van der Waals surface area contributed by atoms with Crippen LogP contribution in [-0.4, -0.2) is 31.7 Å². The molecule has 0 fully saturated rings. The van der Waals surface area contributed by atoms with E-state index in [0.29, 0.717) is 23.9 Å². The third kappa shape index (κ3) is 5.41. The molecule has 1 heterocycles. The first kappa shape index (κ1) is 18.1. The molecule has 1 rings (SSSR count). The van der Waals surface area contributed by atoms with Gasteiger partial charge in [-0.1, -0.05) is 26.7 Å².